The molecule has 2 unspecified atom stereocenters. The van der Waals surface area contributed by atoms with Gasteiger partial charge in [0.15, 0.2) is 5.96 Å². The highest BCUT2D eigenvalue weighted by atomic mass is 127. The van der Waals surface area contributed by atoms with Crippen LogP contribution in [0.3, 0.4) is 0 Å². The van der Waals surface area contributed by atoms with Gasteiger partial charge in [-0.05, 0) is 44.7 Å². The summed E-state index contributed by atoms with van der Waals surface area (Å²) >= 11 is 0. The summed E-state index contributed by atoms with van der Waals surface area (Å²) in [5.41, 5.74) is 0.720. The van der Waals surface area contributed by atoms with Crippen molar-refractivity contribution in [3.05, 3.63) is 35.6 Å². The fourth-order valence-corrected chi connectivity index (χ4v) is 3.10. The highest BCUT2D eigenvalue weighted by Gasteiger charge is 2.31. The molecule has 1 heterocycles. The Morgan fingerprint density at radius 3 is 2.64 bits per heavy atom. The molecule has 6 heteroatoms. The fourth-order valence-electron chi connectivity index (χ4n) is 3.10. The summed E-state index contributed by atoms with van der Waals surface area (Å²) in [6.45, 7) is 12.4. The molecular formula is C19H32FIN4. The standard InChI is InChI=1S/C19H31FN4.HI/c1-5-21-19(22-11-10-16-8-6-7-9-17(16)20)23-18-13-24(14(2)3)12-15(18)4;/h6-9,14-15,18H,5,10-13H2,1-4H3,(H2,21,22,23);1H. The van der Waals surface area contributed by atoms with Gasteiger partial charge in [-0.25, -0.2) is 4.39 Å². The molecule has 4 nitrogen and oxygen atoms in total. The Balaban J connectivity index is 0.00000312. The zero-order chi connectivity index (χ0) is 17.5. The number of guanidine groups is 1. The van der Waals surface area contributed by atoms with E-state index in [-0.39, 0.29) is 29.8 Å². The van der Waals surface area contributed by atoms with Gasteiger partial charge in [0.1, 0.15) is 5.82 Å². The number of halogens is 2. The van der Waals surface area contributed by atoms with Crippen molar-refractivity contribution >= 4 is 29.9 Å². The van der Waals surface area contributed by atoms with Crippen LogP contribution >= 0.6 is 24.0 Å². The minimum atomic E-state index is -0.150. The van der Waals surface area contributed by atoms with Crippen LogP contribution in [-0.2, 0) is 6.42 Å². The summed E-state index contributed by atoms with van der Waals surface area (Å²) < 4.78 is 13.7. The van der Waals surface area contributed by atoms with Crippen molar-refractivity contribution in [2.75, 3.05) is 26.2 Å². The predicted molar refractivity (Wildman–Crippen MR) is 114 cm³/mol. The molecule has 0 bridgehead atoms. The van der Waals surface area contributed by atoms with Crippen LogP contribution in [0.5, 0.6) is 0 Å². The van der Waals surface area contributed by atoms with Crippen molar-refractivity contribution < 1.29 is 4.39 Å². The van der Waals surface area contributed by atoms with Crippen molar-refractivity contribution in [3.8, 4) is 0 Å². The van der Waals surface area contributed by atoms with Crippen molar-refractivity contribution in [3.63, 3.8) is 0 Å². The van der Waals surface area contributed by atoms with Crippen molar-refractivity contribution in [2.24, 2.45) is 10.9 Å². The lowest BCUT2D eigenvalue weighted by atomic mass is 10.1. The Morgan fingerprint density at radius 2 is 2.04 bits per heavy atom. The van der Waals surface area contributed by atoms with Gasteiger partial charge in [0.2, 0.25) is 0 Å². The average Bonchev–Trinajstić information content (AvgIpc) is 2.91. The van der Waals surface area contributed by atoms with Gasteiger partial charge in [-0.15, -0.1) is 24.0 Å². The van der Waals surface area contributed by atoms with Crippen LogP contribution in [0, 0.1) is 11.7 Å². The lowest BCUT2D eigenvalue weighted by Crippen LogP contribution is -2.47. The SMILES string of the molecule is CCNC(=NCCc1ccccc1F)NC1CN(C(C)C)CC1C.I. The summed E-state index contributed by atoms with van der Waals surface area (Å²) in [6.07, 6.45) is 0.613. The van der Waals surface area contributed by atoms with Crippen molar-refractivity contribution in [1.29, 1.82) is 0 Å². The monoisotopic (exact) mass is 462 g/mol. The molecule has 25 heavy (non-hydrogen) atoms. The second-order valence-electron chi connectivity index (χ2n) is 6.88. The highest BCUT2D eigenvalue weighted by Crippen LogP contribution is 2.18. The normalized spacial score (nSPS) is 21.3. The topological polar surface area (TPSA) is 39.7 Å². The third-order valence-corrected chi connectivity index (χ3v) is 4.65. The maximum absolute atomic E-state index is 13.7. The number of benzene rings is 1. The molecular weight excluding hydrogens is 430 g/mol. The van der Waals surface area contributed by atoms with E-state index in [0.29, 0.717) is 31.0 Å². The average molecular weight is 462 g/mol. The Bertz CT molecular complexity index is 550. The molecule has 0 amide bonds. The van der Waals surface area contributed by atoms with Crippen LogP contribution in [0.1, 0.15) is 33.3 Å². The van der Waals surface area contributed by atoms with E-state index in [1.807, 2.05) is 12.1 Å². The first-order chi connectivity index (χ1) is 11.5. The lowest BCUT2D eigenvalue weighted by molar-refractivity contribution is 0.265. The smallest absolute Gasteiger partial charge is 0.191 e. The van der Waals surface area contributed by atoms with E-state index >= 15 is 0 Å². The number of aliphatic imine (C=N–C) groups is 1. The van der Waals surface area contributed by atoms with E-state index in [2.05, 4.69) is 48.2 Å². The molecule has 2 N–H and O–H groups in total. The van der Waals surface area contributed by atoms with Gasteiger partial charge in [-0.1, -0.05) is 25.1 Å². The van der Waals surface area contributed by atoms with Crippen LogP contribution in [0.25, 0.3) is 0 Å². The Hall–Kier alpha value is -0.890. The van der Waals surface area contributed by atoms with Gasteiger partial charge >= 0.3 is 0 Å². The van der Waals surface area contributed by atoms with Gasteiger partial charge in [0.05, 0.1) is 0 Å². The molecule has 1 aliphatic heterocycles. The third kappa shape index (κ3) is 6.73. The zero-order valence-corrected chi connectivity index (χ0v) is 18.1. The van der Waals surface area contributed by atoms with Crippen LogP contribution in [0.2, 0.25) is 0 Å². The Kier molecular flexibility index (Phi) is 9.71. The van der Waals surface area contributed by atoms with Gasteiger partial charge in [-0.2, -0.15) is 0 Å². The number of likely N-dealkylation sites (tertiary alicyclic amines) is 1. The number of hydrogen-bond donors (Lipinski definition) is 2. The van der Waals surface area contributed by atoms with E-state index < -0.39 is 0 Å². The van der Waals surface area contributed by atoms with Gasteiger partial charge in [0, 0.05) is 38.3 Å². The van der Waals surface area contributed by atoms with Crippen LogP contribution in [0.15, 0.2) is 29.3 Å². The van der Waals surface area contributed by atoms with Crippen molar-refractivity contribution in [2.45, 2.75) is 46.2 Å². The zero-order valence-electron chi connectivity index (χ0n) is 15.8. The van der Waals surface area contributed by atoms with Crippen LogP contribution in [0.4, 0.5) is 4.39 Å². The van der Waals surface area contributed by atoms with Crippen LogP contribution in [-0.4, -0.2) is 49.1 Å². The second-order valence-corrected chi connectivity index (χ2v) is 6.88. The Labute approximate surface area is 168 Å². The van der Waals surface area contributed by atoms with Gasteiger partial charge < -0.3 is 10.6 Å². The molecule has 0 aromatic heterocycles. The van der Waals surface area contributed by atoms with E-state index in [1.165, 1.54) is 6.07 Å². The quantitative estimate of drug-likeness (QED) is 0.388. The molecule has 0 spiro atoms. The first kappa shape index (κ1) is 22.2. The fraction of sp³-hybridized carbons (Fsp3) is 0.632. The molecule has 2 rings (SSSR count). The van der Waals surface area contributed by atoms with Gasteiger partial charge in [0.25, 0.3) is 0 Å². The molecule has 0 aliphatic carbocycles. The number of nitrogens with one attached hydrogen (secondary N) is 2. The highest BCUT2D eigenvalue weighted by molar-refractivity contribution is 14.0. The molecule has 2 atom stereocenters. The van der Waals surface area contributed by atoms with Gasteiger partial charge in [-0.3, -0.25) is 9.89 Å². The number of nitrogens with zero attached hydrogens (tertiary/aromatic N) is 2. The summed E-state index contributed by atoms with van der Waals surface area (Å²) in [7, 11) is 0. The summed E-state index contributed by atoms with van der Waals surface area (Å²) in [6, 6.07) is 7.88. The third-order valence-electron chi connectivity index (χ3n) is 4.65. The minimum Gasteiger partial charge on any atom is -0.357 e. The molecule has 0 saturated carbocycles. The summed E-state index contributed by atoms with van der Waals surface area (Å²) in [5, 5.41) is 6.86. The Morgan fingerprint density at radius 1 is 1.32 bits per heavy atom. The first-order valence-electron chi connectivity index (χ1n) is 9.03. The molecule has 142 valence electrons. The minimum absolute atomic E-state index is 0. The lowest BCUT2D eigenvalue weighted by Gasteiger charge is -2.22. The summed E-state index contributed by atoms with van der Waals surface area (Å²) in [5.74, 6) is 1.27. The number of hydrogen-bond acceptors (Lipinski definition) is 2. The first-order valence-corrected chi connectivity index (χ1v) is 9.03. The maximum atomic E-state index is 13.7. The molecule has 1 saturated heterocycles. The molecule has 1 aromatic rings. The maximum Gasteiger partial charge on any atom is 0.191 e. The predicted octanol–water partition coefficient (Wildman–Crippen LogP) is 3.27. The molecule has 1 aromatic carbocycles. The van der Waals surface area contributed by atoms with E-state index in [1.54, 1.807) is 6.07 Å². The summed E-state index contributed by atoms with van der Waals surface area (Å²) in [4.78, 5) is 7.12. The van der Waals surface area contributed by atoms with E-state index in [9.17, 15) is 4.39 Å². The van der Waals surface area contributed by atoms with Crippen molar-refractivity contribution in [1.82, 2.24) is 15.5 Å². The van der Waals surface area contributed by atoms with E-state index in [0.717, 1.165) is 31.2 Å². The molecule has 0 radical (unpaired) electrons. The molecule has 1 aliphatic rings. The number of rotatable bonds is 6. The molecule has 1 fully saturated rings. The van der Waals surface area contributed by atoms with E-state index in [4.69, 9.17) is 0 Å². The largest absolute Gasteiger partial charge is 0.357 e. The second kappa shape index (κ2) is 11.0. The van der Waals surface area contributed by atoms with Crippen LogP contribution < -0.4 is 10.6 Å².